The van der Waals surface area contributed by atoms with Crippen LogP contribution in [-0.4, -0.2) is 37.2 Å². The minimum absolute atomic E-state index is 0.0352. The molecule has 0 saturated heterocycles. The van der Waals surface area contributed by atoms with Crippen LogP contribution in [-0.2, 0) is 17.7 Å². The summed E-state index contributed by atoms with van der Waals surface area (Å²) >= 11 is 0. The molecule has 0 saturated carbocycles. The maximum Gasteiger partial charge on any atom is 0.0480 e. The summed E-state index contributed by atoms with van der Waals surface area (Å²) in [5.74, 6) is 0. The first-order chi connectivity index (χ1) is 9.19. The second-order valence-corrected chi connectivity index (χ2v) is 5.74. The van der Waals surface area contributed by atoms with Crippen molar-refractivity contribution in [2.24, 2.45) is 5.73 Å². The van der Waals surface area contributed by atoms with Crippen LogP contribution in [0.5, 0.6) is 0 Å². The Kier molecular flexibility index (Phi) is 4.97. The van der Waals surface area contributed by atoms with Crippen LogP contribution in [0.2, 0.25) is 0 Å². The molecule has 1 aliphatic heterocycles. The Morgan fingerprint density at radius 2 is 2.05 bits per heavy atom. The first kappa shape index (κ1) is 14.5. The van der Waals surface area contributed by atoms with Crippen LogP contribution >= 0.6 is 0 Å². The summed E-state index contributed by atoms with van der Waals surface area (Å²) in [5, 5.41) is 0. The van der Waals surface area contributed by atoms with Gasteiger partial charge in [0.05, 0.1) is 0 Å². The van der Waals surface area contributed by atoms with Gasteiger partial charge in [0.25, 0.3) is 0 Å². The van der Waals surface area contributed by atoms with E-state index in [1.165, 1.54) is 24.0 Å². The van der Waals surface area contributed by atoms with Crippen molar-refractivity contribution < 1.29 is 4.74 Å². The molecule has 0 fully saturated rings. The van der Waals surface area contributed by atoms with Crippen molar-refractivity contribution in [2.75, 3.05) is 26.8 Å². The van der Waals surface area contributed by atoms with Crippen molar-refractivity contribution >= 4 is 0 Å². The Balaban J connectivity index is 2.16. The van der Waals surface area contributed by atoms with Crippen LogP contribution in [0.3, 0.4) is 0 Å². The lowest BCUT2D eigenvalue weighted by atomic mass is 9.95. The molecule has 106 valence electrons. The van der Waals surface area contributed by atoms with Gasteiger partial charge >= 0.3 is 0 Å². The number of fused-ring (bicyclic) bond motifs is 1. The zero-order valence-corrected chi connectivity index (χ0v) is 12.2. The second kappa shape index (κ2) is 6.51. The largest absolute Gasteiger partial charge is 0.385 e. The normalized spacial score (nSPS) is 19.5. The molecule has 0 aromatic heterocycles. The molecule has 3 heteroatoms. The lowest BCUT2D eigenvalue weighted by molar-refractivity contribution is 0.0633. The van der Waals surface area contributed by atoms with E-state index in [0.29, 0.717) is 6.54 Å². The number of ether oxygens (including phenoxy) is 1. The van der Waals surface area contributed by atoms with E-state index in [1.807, 2.05) is 0 Å². The molecule has 0 radical (unpaired) electrons. The fourth-order valence-corrected chi connectivity index (χ4v) is 2.87. The van der Waals surface area contributed by atoms with Gasteiger partial charge in [0.15, 0.2) is 0 Å². The molecule has 0 amide bonds. The highest BCUT2D eigenvalue weighted by Crippen LogP contribution is 2.26. The van der Waals surface area contributed by atoms with Crippen molar-refractivity contribution in [3.8, 4) is 0 Å². The van der Waals surface area contributed by atoms with Gasteiger partial charge in [-0.25, -0.2) is 0 Å². The van der Waals surface area contributed by atoms with Gasteiger partial charge in [0, 0.05) is 32.3 Å². The molecule has 3 nitrogen and oxygen atoms in total. The zero-order valence-electron chi connectivity index (χ0n) is 12.2. The average molecular weight is 262 g/mol. The van der Waals surface area contributed by atoms with E-state index in [0.717, 1.165) is 26.1 Å². The van der Waals surface area contributed by atoms with Crippen LogP contribution in [0.15, 0.2) is 24.3 Å². The van der Waals surface area contributed by atoms with Gasteiger partial charge in [-0.1, -0.05) is 24.3 Å². The maximum absolute atomic E-state index is 6.05. The lowest BCUT2D eigenvalue weighted by Crippen LogP contribution is -2.52. The Hall–Kier alpha value is -0.900. The fraction of sp³-hybridized carbons (Fsp3) is 0.625. The molecular formula is C16H26N2O. The first-order valence-corrected chi connectivity index (χ1v) is 7.20. The third kappa shape index (κ3) is 3.35. The van der Waals surface area contributed by atoms with E-state index in [1.54, 1.807) is 7.11 Å². The smallest absolute Gasteiger partial charge is 0.0480 e. The third-order valence-corrected chi connectivity index (χ3v) is 4.40. The first-order valence-electron chi connectivity index (χ1n) is 7.20. The summed E-state index contributed by atoms with van der Waals surface area (Å²) in [6.45, 7) is 5.84. The maximum atomic E-state index is 6.05. The number of hydrogen-bond donors (Lipinski definition) is 1. The van der Waals surface area contributed by atoms with E-state index < -0.39 is 0 Å². The van der Waals surface area contributed by atoms with Crippen molar-refractivity contribution in [1.82, 2.24) is 4.90 Å². The van der Waals surface area contributed by atoms with Gasteiger partial charge in [-0.2, -0.15) is 0 Å². The standard InChI is InChI=1S/C16H26N2O/c1-16(13-17,9-11-19-2)18-10-5-8-14-6-3-4-7-15(14)12-18/h3-4,6-7H,5,8-13,17H2,1-2H3. The molecular weight excluding hydrogens is 236 g/mol. The van der Waals surface area contributed by atoms with Gasteiger partial charge in [-0.05, 0) is 43.9 Å². The summed E-state index contributed by atoms with van der Waals surface area (Å²) < 4.78 is 5.25. The molecule has 0 spiro atoms. The number of nitrogens with zero attached hydrogens (tertiary/aromatic N) is 1. The number of hydrogen-bond acceptors (Lipinski definition) is 3. The van der Waals surface area contributed by atoms with E-state index in [-0.39, 0.29) is 5.54 Å². The van der Waals surface area contributed by atoms with Crippen molar-refractivity contribution in [2.45, 2.75) is 38.3 Å². The minimum Gasteiger partial charge on any atom is -0.385 e. The number of aryl methyl sites for hydroxylation is 1. The molecule has 2 N–H and O–H groups in total. The molecule has 2 rings (SSSR count). The van der Waals surface area contributed by atoms with Crippen LogP contribution in [0.1, 0.15) is 30.9 Å². The molecule has 1 aromatic carbocycles. The highest BCUT2D eigenvalue weighted by molar-refractivity contribution is 5.28. The summed E-state index contributed by atoms with van der Waals surface area (Å²) in [7, 11) is 1.76. The van der Waals surface area contributed by atoms with E-state index in [2.05, 4.69) is 36.1 Å². The topological polar surface area (TPSA) is 38.5 Å². The van der Waals surface area contributed by atoms with Crippen molar-refractivity contribution in [3.63, 3.8) is 0 Å². The van der Waals surface area contributed by atoms with Gasteiger partial charge in [-0.15, -0.1) is 0 Å². The van der Waals surface area contributed by atoms with Crippen LogP contribution < -0.4 is 5.73 Å². The Bertz CT molecular complexity index is 407. The van der Waals surface area contributed by atoms with Crippen LogP contribution in [0, 0.1) is 0 Å². The highest BCUT2D eigenvalue weighted by Gasteiger charge is 2.31. The average Bonchev–Trinajstić information content (AvgIpc) is 2.67. The molecule has 19 heavy (non-hydrogen) atoms. The predicted octanol–water partition coefficient (Wildman–Crippen LogP) is 2.19. The lowest BCUT2D eigenvalue weighted by Gasteiger charge is -2.40. The fourth-order valence-electron chi connectivity index (χ4n) is 2.87. The molecule has 1 aromatic rings. The number of benzene rings is 1. The SMILES string of the molecule is COCCC(C)(CN)N1CCCc2ccccc2C1. The monoisotopic (exact) mass is 262 g/mol. The van der Waals surface area contributed by atoms with Crippen LogP contribution in [0.4, 0.5) is 0 Å². The van der Waals surface area contributed by atoms with Gasteiger partial charge in [0.2, 0.25) is 0 Å². The van der Waals surface area contributed by atoms with Crippen molar-refractivity contribution in [3.05, 3.63) is 35.4 Å². The number of methoxy groups -OCH3 is 1. The van der Waals surface area contributed by atoms with Crippen LogP contribution in [0.25, 0.3) is 0 Å². The summed E-state index contributed by atoms with van der Waals surface area (Å²) in [5.41, 5.74) is 9.04. The highest BCUT2D eigenvalue weighted by atomic mass is 16.5. The Morgan fingerprint density at radius 1 is 1.32 bits per heavy atom. The Labute approximate surface area is 116 Å². The van der Waals surface area contributed by atoms with E-state index in [9.17, 15) is 0 Å². The molecule has 1 heterocycles. The summed E-state index contributed by atoms with van der Waals surface area (Å²) in [4.78, 5) is 2.54. The van der Waals surface area contributed by atoms with Crippen molar-refractivity contribution in [1.29, 1.82) is 0 Å². The predicted molar refractivity (Wildman–Crippen MR) is 79.1 cm³/mol. The number of rotatable bonds is 5. The molecule has 0 bridgehead atoms. The van der Waals surface area contributed by atoms with Gasteiger partial charge < -0.3 is 10.5 Å². The van der Waals surface area contributed by atoms with E-state index >= 15 is 0 Å². The third-order valence-electron chi connectivity index (χ3n) is 4.40. The minimum atomic E-state index is 0.0352. The zero-order chi connectivity index (χ0) is 13.7. The second-order valence-electron chi connectivity index (χ2n) is 5.74. The summed E-state index contributed by atoms with van der Waals surface area (Å²) in [6.07, 6.45) is 3.37. The van der Waals surface area contributed by atoms with Gasteiger partial charge in [0.1, 0.15) is 0 Å². The van der Waals surface area contributed by atoms with Gasteiger partial charge in [-0.3, -0.25) is 4.90 Å². The molecule has 1 aliphatic rings. The molecule has 1 unspecified atom stereocenters. The summed E-state index contributed by atoms with van der Waals surface area (Å²) in [6, 6.07) is 8.79. The van der Waals surface area contributed by atoms with E-state index in [4.69, 9.17) is 10.5 Å². The molecule has 1 atom stereocenters. The number of nitrogens with two attached hydrogens (primary N) is 1. The Morgan fingerprint density at radius 3 is 2.74 bits per heavy atom. The quantitative estimate of drug-likeness (QED) is 0.884. The molecule has 0 aliphatic carbocycles.